The molecule has 0 radical (unpaired) electrons. The summed E-state index contributed by atoms with van der Waals surface area (Å²) in [6.07, 6.45) is 5.70. The van der Waals surface area contributed by atoms with E-state index in [1.807, 2.05) is 19.0 Å². The second-order valence-corrected chi connectivity index (χ2v) is 6.37. The Hall–Kier alpha value is -2.30. The molecule has 122 valence electrons. The molecule has 0 bridgehead atoms. The predicted molar refractivity (Wildman–Crippen MR) is 96.4 cm³/mol. The van der Waals surface area contributed by atoms with Crippen molar-refractivity contribution in [3.8, 4) is 0 Å². The van der Waals surface area contributed by atoms with Gasteiger partial charge in [0.1, 0.15) is 0 Å². The van der Waals surface area contributed by atoms with Gasteiger partial charge in [-0.05, 0) is 37.5 Å². The summed E-state index contributed by atoms with van der Waals surface area (Å²) >= 11 is 0. The highest BCUT2D eigenvalue weighted by atomic mass is 15.2. The first-order valence-electron chi connectivity index (χ1n) is 8.20. The molecule has 2 heterocycles. The number of piperidine rings is 1. The number of nitrogens with zero attached hydrogens (tertiary/aromatic N) is 4. The van der Waals surface area contributed by atoms with Crippen LogP contribution < -0.4 is 15.1 Å². The summed E-state index contributed by atoms with van der Waals surface area (Å²) < 4.78 is 0. The lowest BCUT2D eigenvalue weighted by Gasteiger charge is -2.34. The van der Waals surface area contributed by atoms with Crippen molar-refractivity contribution in [3.05, 3.63) is 42.2 Å². The summed E-state index contributed by atoms with van der Waals surface area (Å²) in [4.78, 5) is 13.3. The molecular weight excluding hydrogens is 286 g/mol. The van der Waals surface area contributed by atoms with Gasteiger partial charge in [0, 0.05) is 51.3 Å². The minimum Gasteiger partial charge on any atom is -0.371 e. The van der Waals surface area contributed by atoms with Crippen molar-refractivity contribution in [1.29, 1.82) is 0 Å². The fraction of sp³-hybridized carbons (Fsp3) is 0.444. The fourth-order valence-electron chi connectivity index (χ4n) is 3.06. The average Bonchev–Trinajstić information content (AvgIpc) is 2.56. The molecule has 1 aliphatic rings. The van der Waals surface area contributed by atoms with E-state index in [0.29, 0.717) is 6.04 Å². The number of hydrogen-bond donors (Lipinski definition) is 1. The highest BCUT2D eigenvalue weighted by Gasteiger charge is 2.21. The van der Waals surface area contributed by atoms with Gasteiger partial charge < -0.3 is 15.1 Å². The van der Waals surface area contributed by atoms with Gasteiger partial charge in [-0.15, -0.1) is 0 Å². The van der Waals surface area contributed by atoms with Crippen LogP contribution in [0.5, 0.6) is 0 Å². The largest absolute Gasteiger partial charge is 0.371 e. The van der Waals surface area contributed by atoms with E-state index in [4.69, 9.17) is 0 Å². The van der Waals surface area contributed by atoms with E-state index in [-0.39, 0.29) is 0 Å². The zero-order valence-electron chi connectivity index (χ0n) is 14.2. The first kappa shape index (κ1) is 15.6. The van der Waals surface area contributed by atoms with Gasteiger partial charge in [-0.2, -0.15) is 0 Å². The quantitative estimate of drug-likeness (QED) is 0.940. The van der Waals surface area contributed by atoms with Gasteiger partial charge in [-0.25, -0.2) is 9.97 Å². The molecule has 0 saturated carbocycles. The molecule has 0 amide bonds. The molecule has 0 atom stereocenters. The van der Waals surface area contributed by atoms with Gasteiger partial charge in [0.05, 0.1) is 0 Å². The number of aromatic nitrogens is 2. The second-order valence-electron chi connectivity index (χ2n) is 6.37. The number of hydrogen-bond acceptors (Lipinski definition) is 5. The maximum atomic E-state index is 4.45. The highest BCUT2D eigenvalue weighted by Crippen LogP contribution is 2.24. The van der Waals surface area contributed by atoms with E-state index in [0.717, 1.165) is 37.6 Å². The van der Waals surface area contributed by atoms with E-state index in [9.17, 15) is 0 Å². The Labute approximate surface area is 138 Å². The zero-order valence-corrected chi connectivity index (χ0v) is 14.2. The first-order valence-corrected chi connectivity index (χ1v) is 8.20. The lowest BCUT2D eigenvalue weighted by Crippen LogP contribution is -2.39. The molecule has 0 unspecified atom stereocenters. The smallest absolute Gasteiger partial charge is 0.171 e. The van der Waals surface area contributed by atoms with Crippen LogP contribution in [-0.4, -0.2) is 43.2 Å². The standard InChI is InChI=1S/C18H25N5/c1-14-5-4-6-16(13-14)23-11-7-15(8-12-23)21-17-18(22(2)3)20-10-9-19-17/h4-6,9-10,13,15H,7-8,11-12H2,1-3H3,(H,19,21). The minimum absolute atomic E-state index is 0.450. The van der Waals surface area contributed by atoms with Crippen LogP contribution in [0.15, 0.2) is 36.7 Å². The Balaban J connectivity index is 1.62. The van der Waals surface area contributed by atoms with E-state index < -0.39 is 0 Å². The molecule has 1 aromatic heterocycles. The van der Waals surface area contributed by atoms with Gasteiger partial charge in [-0.3, -0.25) is 0 Å². The Morgan fingerprint density at radius 3 is 2.57 bits per heavy atom. The van der Waals surface area contributed by atoms with Crippen LogP contribution in [-0.2, 0) is 0 Å². The summed E-state index contributed by atoms with van der Waals surface area (Å²) in [5.41, 5.74) is 2.65. The molecule has 1 aromatic carbocycles. The molecule has 1 saturated heterocycles. The van der Waals surface area contributed by atoms with Crippen LogP contribution in [0.3, 0.4) is 0 Å². The van der Waals surface area contributed by atoms with E-state index >= 15 is 0 Å². The molecule has 0 aliphatic carbocycles. The SMILES string of the molecule is Cc1cccc(N2CCC(Nc3nccnc3N(C)C)CC2)c1. The van der Waals surface area contributed by atoms with Gasteiger partial charge in [0.2, 0.25) is 0 Å². The lowest BCUT2D eigenvalue weighted by atomic mass is 10.0. The van der Waals surface area contributed by atoms with Crippen molar-refractivity contribution in [2.75, 3.05) is 42.3 Å². The van der Waals surface area contributed by atoms with Gasteiger partial charge >= 0.3 is 0 Å². The Kier molecular flexibility index (Phi) is 4.65. The van der Waals surface area contributed by atoms with Crippen molar-refractivity contribution in [1.82, 2.24) is 9.97 Å². The average molecular weight is 311 g/mol. The summed E-state index contributed by atoms with van der Waals surface area (Å²) in [7, 11) is 3.99. The molecule has 1 aliphatic heterocycles. The van der Waals surface area contributed by atoms with Crippen LogP contribution in [0, 0.1) is 6.92 Å². The third kappa shape index (κ3) is 3.73. The number of nitrogens with one attached hydrogen (secondary N) is 1. The summed E-state index contributed by atoms with van der Waals surface area (Å²) in [6, 6.07) is 9.20. The van der Waals surface area contributed by atoms with E-state index in [1.165, 1.54) is 11.3 Å². The number of benzene rings is 1. The molecule has 23 heavy (non-hydrogen) atoms. The molecule has 0 spiro atoms. The molecule has 5 heteroatoms. The maximum Gasteiger partial charge on any atom is 0.171 e. The summed E-state index contributed by atoms with van der Waals surface area (Å²) in [5, 5.41) is 3.57. The number of aryl methyl sites for hydroxylation is 1. The Morgan fingerprint density at radius 2 is 1.87 bits per heavy atom. The van der Waals surface area contributed by atoms with Crippen LogP contribution in [0.4, 0.5) is 17.3 Å². The van der Waals surface area contributed by atoms with Crippen LogP contribution in [0.25, 0.3) is 0 Å². The van der Waals surface area contributed by atoms with Crippen molar-refractivity contribution in [3.63, 3.8) is 0 Å². The topological polar surface area (TPSA) is 44.3 Å². The van der Waals surface area contributed by atoms with E-state index in [2.05, 4.69) is 51.4 Å². The minimum atomic E-state index is 0.450. The van der Waals surface area contributed by atoms with Gasteiger partial charge in [0.25, 0.3) is 0 Å². The highest BCUT2D eigenvalue weighted by molar-refractivity contribution is 5.60. The molecule has 5 nitrogen and oxygen atoms in total. The third-order valence-corrected chi connectivity index (χ3v) is 4.31. The van der Waals surface area contributed by atoms with E-state index in [1.54, 1.807) is 12.4 Å². The van der Waals surface area contributed by atoms with Gasteiger partial charge in [-0.1, -0.05) is 12.1 Å². The summed E-state index contributed by atoms with van der Waals surface area (Å²) in [5.74, 6) is 1.78. The second kappa shape index (κ2) is 6.86. The van der Waals surface area contributed by atoms with Crippen LogP contribution in [0.1, 0.15) is 18.4 Å². The molecule has 2 aromatic rings. The van der Waals surface area contributed by atoms with Crippen molar-refractivity contribution < 1.29 is 0 Å². The fourth-order valence-corrected chi connectivity index (χ4v) is 3.06. The monoisotopic (exact) mass is 311 g/mol. The zero-order chi connectivity index (χ0) is 16.2. The number of rotatable bonds is 4. The third-order valence-electron chi connectivity index (χ3n) is 4.31. The van der Waals surface area contributed by atoms with Crippen molar-refractivity contribution in [2.45, 2.75) is 25.8 Å². The maximum absolute atomic E-state index is 4.45. The van der Waals surface area contributed by atoms with Crippen LogP contribution in [0.2, 0.25) is 0 Å². The van der Waals surface area contributed by atoms with Gasteiger partial charge in [0.15, 0.2) is 11.6 Å². The normalized spacial score (nSPS) is 15.5. The van der Waals surface area contributed by atoms with Crippen molar-refractivity contribution >= 4 is 17.3 Å². The molecule has 3 rings (SSSR count). The lowest BCUT2D eigenvalue weighted by molar-refractivity contribution is 0.525. The molecular formula is C18H25N5. The summed E-state index contributed by atoms with van der Waals surface area (Å²) in [6.45, 7) is 4.28. The molecule has 1 fully saturated rings. The van der Waals surface area contributed by atoms with Crippen LogP contribution >= 0.6 is 0 Å². The number of anilines is 3. The predicted octanol–water partition coefficient (Wildman–Crippen LogP) is 2.93. The van der Waals surface area contributed by atoms with Crippen molar-refractivity contribution in [2.24, 2.45) is 0 Å². The molecule has 1 N–H and O–H groups in total. The first-order chi connectivity index (χ1) is 11.1. The Bertz CT molecular complexity index is 647. The Morgan fingerprint density at radius 1 is 1.13 bits per heavy atom.